The molecule has 2 rings (SSSR count). The van der Waals surface area contributed by atoms with Crippen LogP contribution >= 0.6 is 15.9 Å². The number of aliphatic hydroxyl groups is 3. The van der Waals surface area contributed by atoms with Crippen LogP contribution in [0.3, 0.4) is 0 Å². The predicted molar refractivity (Wildman–Crippen MR) is 128 cm³/mol. The van der Waals surface area contributed by atoms with E-state index in [9.17, 15) is 8.78 Å². The first kappa shape index (κ1) is 37.2. The molecule has 180 valence electrons. The van der Waals surface area contributed by atoms with Gasteiger partial charge in [0.25, 0.3) is 0 Å². The first-order chi connectivity index (χ1) is 15.1. The minimum atomic E-state index is -0.230. The fourth-order valence-electron chi connectivity index (χ4n) is 1.90. The normalized spacial score (nSPS) is 9.88. The topological polar surface area (TPSA) is 99.9 Å². The summed E-state index contributed by atoms with van der Waals surface area (Å²) in [4.78, 5) is 0. The number of aliphatic hydroxyl groups excluding tert-OH is 3. The molecule has 0 aliphatic heterocycles. The van der Waals surface area contributed by atoms with Crippen molar-refractivity contribution in [1.29, 1.82) is 0 Å². The predicted octanol–water partition coefficient (Wildman–Crippen LogP) is 1.66. The summed E-state index contributed by atoms with van der Waals surface area (Å²) in [6.45, 7) is 1.41. The smallest absolute Gasteiger partial charge is 0.870 e. The fraction of sp³-hybridized carbons (Fsp3) is 0.333. The second-order valence-electron chi connectivity index (χ2n) is 6.01. The number of allylic oxidation sites excluding steroid dienone is 1. The molecule has 0 spiro atoms. The fourth-order valence-corrected chi connectivity index (χ4v) is 2.09. The van der Waals surface area contributed by atoms with Crippen LogP contribution in [0.25, 0.3) is 12.2 Å². The molecule has 0 atom stereocenters. The van der Waals surface area contributed by atoms with Crippen LogP contribution in [0.5, 0.6) is 0 Å². The monoisotopic (exact) mass is 556 g/mol. The van der Waals surface area contributed by atoms with Crippen LogP contribution in [0, 0.1) is 11.6 Å². The van der Waals surface area contributed by atoms with Crippen molar-refractivity contribution >= 4 is 28.1 Å². The van der Waals surface area contributed by atoms with Gasteiger partial charge >= 0.3 is 51.4 Å². The molecule has 0 radical (unpaired) electrons. The molecule has 0 aromatic heterocycles. The number of ether oxygens (including phenoxy) is 1. The molecule has 0 bridgehead atoms. The van der Waals surface area contributed by atoms with E-state index in [1.807, 2.05) is 24.3 Å². The quantitative estimate of drug-likeness (QED) is 0.235. The molecule has 5 nitrogen and oxygen atoms in total. The van der Waals surface area contributed by atoms with E-state index < -0.39 is 0 Å². The van der Waals surface area contributed by atoms with Crippen molar-refractivity contribution in [2.24, 2.45) is 0 Å². The van der Waals surface area contributed by atoms with Crippen molar-refractivity contribution in [3.8, 4) is 0 Å². The van der Waals surface area contributed by atoms with Crippen molar-refractivity contribution in [3.05, 3.63) is 83.4 Å². The van der Waals surface area contributed by atoms with Gasteiger partial charge in [-0.25, -0.2) is 8.78 Å². The van der Waals surface area contributed by atoms with Gasteiger partial charge in [-0.3, -0.25) is 0 Å². The molecule has 2 aromatic rings. The summed E-state index contributed by atoms with van der Waals surface area (Å²) < 4.78 is 30.1. The minimum absolute atomic E-state index is 0. The zero-order chi connectivity index (χ0) is 23.2. The average Bonchev–Trinajstić information content (AvgIpc) is 2.78. The first-order valence-corrected chi connectivity index (χ1v) is 11.0. The van der Waals surface area contributed by atoms with E-state index in [2.05, 4.69) is 15.9 Å². The van der Waals surface area contributed by atoms with Gasteiger partial charge in [-0.1, -0.05) is 64.5 Å². The van der Waals surface area contributed by atoms with Crippen molar-refractivity contribution in [2.45, 2.75) is 12.8 Å². The van der Waals surface area contributed by atoms with Crippen LogP contribution in [0.1, 0.15) is 24.0 Å². The Kier molecular flexibility index (Phi) is 31.5. The van der Waals surface area contributed by atoms with Gasteiger partial charge in [0.2, 0.25) is 0 Å². The number of benzene rings is 2. The van der Waals surface area contributed by atoms with E-state index in [1.165, 1.54) is 24.3 Å². The van der Waals surface area contributed by atoms with Crippen LogP contribution in [-0.4, -0.2) is 59.2 Å². The molecule has 0 saturated carbocycles. The Balaban J connectivity index is -0.000000443. The van der Waals surface area contributed by atoms with Crippen LogP contribution in [-0.2, 0) is 4.74 Å². The SMILES string of the molecule is Fc1ccc(/C=C/CBr)cc1.OCCCO.OCCCOC/C=C/c1ccc(F)cc1.[K+].[OH-]. The number of hydrogen-bond donors (Lipinski definition) is 3. The van der Waals surface area contributed by atoms with E-state index in [0.717, 1.165) is 16.5 Å². The second kappa shape index (κ2) is 27.9. The van der Waals surface area contributed by atoms with Gasteiger partial charge in [0.1, 0.15) is 11.6 Å². The summed E-state index contributed by atoms with van der Waals surface area (Å²) in [7, 11) is 0. The van der Waals surface area contributed by atoms with Gasteiger partial charge in [-0.05, 0) is 48.2 Å². The largest absolute Gasteiger partial charge is 1.00 e. The van der Waals surface area contributed by atoms with Crippen molar-refractivity contribution in [2.75, 3.05) is 38.4 Å². The molecule has 0 fully saturated rings. The summed E-state index contributed by atoms with van der Waals surface area (Å²) in [5.74, 6) is -0.424. The molecule has 0 unspecified atom stereocenters. The molecular weight excluding hydrogens is 525 g/mol. The van der Waals surface area contributed by atoms with E-state index in [-0.39, 0.29) is 88.3 Å². The second-order valence-corrected chi connectivity index (χ2v) is 6.66. The zero-order valence-electron chi connectivity index (χ0n) is 18.9. The molecule has 2 aromatic carbocycles. The van der Waals surface area contributed by atoms with Crippen molar-refractivity contribution in [3.63, 3.8) is 0 Å². The van der Waals surface area contributed by atoms with E-state index in [4.69, 9.17) is 20.1 Å². The molecule has 0 amide bonds. The van der Waals surface area contributed by atoms with Gasteiger partial charge in [-0.15, -0.1) is 0 Å². The molecule has 0 heterocycles. The van der Waals surface area contributed by atoms with Crippen molar-refractivity contribution < 1.29 is 85.7 Å². The Morgan fingerprint density at radius 1 is 0.727 bits per heavy atom. The van der Waals surface area contributed by atoms with E-state index >= 15 is 0 Å². The third-order valence-corrected chi connectivity index (χ3v) is 3.80. The summed E-state index contributed by atoms with van der Waals surface area (Å²) in [5.41, 5.74) is 1.97. The Morgan fingerprint density at radius 3 is 1.52 bits per heavy atom. The van der Waals surface area contributed by atoms with Crippen LogP contribution in [0.15, 0.2) is 60.7 Å². The zero-order valence-corrected chi connectivity index (χ0v) is 23.6. The van der Waals surface area contributed by atoms with Gasteiger partial charge in [0, 0.05) is 31.8 Å². The van der Waals surface area contributed by atoms with Gasteiger partial charge in [0.15, 0.2) is 0 Å². The molecule has 33 heavy (non-hydrogen) atoms. The number of halogens is 3. The minimum Gasteiger partial charge on any atom is -0.870 e. The van der Waals surface area contributed by atoms with Gasteiger partial charge in [-0.2, -0.15) is 0 Å². The Hall–Kier alpha value is -0.304. The number of alkyl halides is 1. The third-order valence-electron chi connectivity index (χ3n) is 3.43. The Morgan fingerprint density at radius 2 is 1.15 bits per heavy atom. The summed E-state index contributed by atoms with van der Waals surface area (Å²) in [6.07, 6.45) is 8.80. The molecular formula is C24H32BrF2KO5. The molecule has 0 aliphatic carbocycles. The van der Waals surface area contributed by atoms with E-state index in [0.29, 0.717) is 26.1 Å². The first-order valence-electron chi connectivity index (χ1n) is 9.87. The van der Waals surface area contributed by atoms with Crippen molar-refractivity contribution in [1.82, 2.24) is 0 Å². The maximum Gasteiger partial charge on any atom is 1.00 e. The molecule has 4 N–H and O–H groups in total. The maximum atomic E-state index is 12.5. The number of hydrogen-bond acceptors (Lipinski definition) is 5. The van der Waals surface area contributed by atoms with Gasteiger partial charge < -0.3 is 25.5 Å². The van der Waals surface area contributed by atoms with Crippen LogP contribution < -0.4 is 51.4 Å². The summed E-state index contributed by atoms with van der Waals surface area (Å²) >= 11 is 3.26. The molecule has 0 saturated heterocycles. The van der Waals surface area contributed by atoms with Crippen LogP contribution in [0.4, 0.5) is 8.78 Å². The maximum absolute atomic E-state index is 12.5. The standard InChI is InChI=1S/C12H15FO2.C9H8BrF.C3H8O2.K.H2O/c13-12-6-4-11(5-7-12)3-1-9-15-10-2-8-14;10-7-1-2-8-3-5-9(11)6-4-8;4-2-1-3-5;;/h1,3-7,14H,2,8-10H2;1-6H,7H2;4-5H,1-3H2;;1H2/q;;;+1;/p-1/b3-1+;2-1+;;;. The Bertz CT molecular complexity index is 712. The Labute approximate surface area is 246 Å². The molecule has 0 aliphatic rings. The number of rotatable bonds is 10. The van der Waals surface area contributed by atoms with E-state index in [1.54, 1.807) is 24.3 Å². The third kappa shape index (κ3) is 24.6. The summed E-state index contributed by atoms with van der Waals surface area (Å²) in [5, 5.41) is 25.1. The van der Waals surface area contributed by atoms with Gasteiger partial charge in [0.05, 0.1) is 6.61 Å². The van der Waals surface area contributed by atoms with Crippen LogP contribution in [0.2, 0.25) is 0 Å². The molecule has 9 heteroatoms. The average molecular weight is 558 g/mol. The summed E-state index contributed by atoms with van der Waals surface area (Å²) in [6, 6.07) is 12.7.